The number of likely N-dealkylation sites (tertiary alicyclic amines) is 1. The molecule has 1 aliphatic rings. The average molecular weight is 228 g/mol. The van der Waals surface area contributed by atoms with Gasteiger partial charge in [0.05, 0.1) is 0 Å². The minimum absolute atomic E-state index is 0.0311. The van der Waals surface area contributed by atoms with E-state index in [1.54, 1.807) is 4.90 Å². The van der Waals surface area contributed by atoms with Crippen molar-refractivity contribution >= 4 is 12.0 Å². The van der Waals surface area contributed by atoms with Gasteiger partial charge in [0.1, 0.15) is 6.04 Å². The summed E-state index contributed by atoms with van der Waals surface area (Å²) in [6.07, 6.45) is 0.868. The molecule has 0 radical (unpaired) electrons. The van der Waals surface area contributed by atoms with Gasteiger partial charge in [-0.1, -0.05) is 13.8 Å². The largest absolute Gasteiger partial charge is 0.465 e. The number of carboxylic acid groups (broad SMARTS) is 1. The third kappa shape index (κ3) is 2.87. The molecule has 0 aliphatic carbocycles. The summed E-state index contributed by atoms with van der Waals surface area (Å²) >= 11 is 0. The zero-order valence-electron chi connectivity index (χ0n) is 10.1. The average Bonchev–Trinajstić information content (AvgIpc) is 2.59. The predicted molar refractivity (Wildman–Crippen MR) is 60.2 cm³/mol. The van der Waals surface area contributed by atoms with Crippen LogP contribution in [0.3, 0.4) is 0 Å². The van der Waals surface area contributed by atoms with Gasteiger partial charge in [-0.15, -0.1) is 0 Å². The topological polar surface area (TPSA) is 69.6 Å². The highest BCUT2D eigenvalue weighted by Gasteiger charge is 2.33. The van der Waals surface area contributed by atoms with E-state index in [1.807, 2.05) is 20.8 Å². The molecule has 1 rings (SSSR count). The lowest BCUT2D eigenvalue weighted by Crippen LogP contribution is -2.51. The molecule has 1 saturated heterocycles. The summed E-state index contributed by atoms with van der Waals surface area (Å²) in [6.45, 7) is 6.44. The van der Waals surface area contributed by atoms with E-state index in [4.69, 9.17) is 5.11 Å². The van der Waals surface area contributed by atoms with E-state index in [2.05, 4.69) is 5.32 Å². The van der Waals surface area contributed by atoms with Crippen LogP contribution in [0.25, 0.3) is 0 Å². The molecule has 0 spiro atoms. The van der Waals surface area contributed by atoms with Gasteiger partial charge in [-0.2, -0.15) is 0 Å². The van der Waals surface area contributed by atoms with Crippen molar-refractivity contribution in [1.29, 1.82) is 0 Å². The molecule has 16 heavy (non-hydrogen) atoms. The summed E-state index contributed by atoms with van der Waals surface area (Å²) in [7, 11) is 0. The van der Waals surface area contributed by atoms with Crippen molar-refractivity contribution in [2.24, 2.45) is 5.92 Å². The maximum Gasteiger partial charge on any atom is 0.405 e. The normalized spacial score (nSPS) is 22.2. The van der Waals surface area contributed by atoms with Gasteiger partial charge >= 0.3 is 6.09 Å². The lowest BCUT2D eigenvalue weighted by atomic mass is 10.0. The first-order valence-electron chi connectivity index (χ1n) is 5.73. The van der Waals surface area contributed by atoms with E-state index in [-0.39, 0.29) is 17.9 Å². The smallest absolute Gasteiger partial charge is 0.405 e. The summed E-state index contributed by atoms with van der Waals surface area (Å²) in [5, 5.41) is 11.0. The monoisotopic (exact) mass is 228 g/mol. The highest BCUT2D eigenvalue weighted by atomic mass is 16.4. The highest BCUT2D eigenvalue weighted by Crippen LogP contribution is 2.19. The Morgan fingerprint density at radius 2 is 2.06 bits per heavy atom. The van der Waals surface area contributed by atoms with Crippen molar-refractivity contribution in [2.45, 2.75) is 45.7 Å². The first-order chi connectivity index (χ1) is 7.43. The van der Waals surface area contributed by atoms with Crippen molar-refractivity contribution in [3.8, 4) is 0 Å². The van der Waals surface area contributed by atoms with Crippen LogP contribution in [0.5, 0.6) is 0 Å². The summed E-state index contributed by atoms with van der Waals surface area (Å²) < 4.78 is 0. The van der Waals surface area contributed by atoms with Gasteiger partial charge < -0.3 is 15.3 Å². The molecule has 0 aromatic heterocycles. The molecule has 2 atom stereocenters. The van der Waals surface area contributed by atoms with Crippen molar-refractivity contribution < 1.29 is 14.7 Å². The Morgan fingerprint density at radius 3 is 2.44 bits per heavy atom. The third-order valence-electron chi connectivity index (χ3n) is 3.05. The Balaban J connectivity index is 2.70. The van der Waals surface area contributed by atoms with Gasteiger partial charge in [0, 0.05) is 12.6 Å². The minimum Gasteiger partial charge on any atom is -0.465 e. The lowest BCUT2D eigenvalue weighted by molar-refractivity contribution is -0.134. The Kier molecular flexibility index (Phi) is 4.15. The highest BCUT2D eigenvalue weighted by molar-refractivity contribution is 5.86. The van der Waals surface area contributed by atoms with Crippen molar-refractivity contribution in [3.63, 3.8) is 0 Å². The minimum atomic E-state index is -1.14. The zero-order valence-corrected chi connectivity index (χ0v) is 10.1. The second-order valence-corrected chi connectivity index (χ2v) is 4.69. The van der Waals surface area contributed by atoms with E-state index < -0.39 is 12.1 Å². The molecule has 5 heteroatoms. The van der Waals surface area contributed by atoms with E-state index >= 15 is 0 Å². The summed E-state index contributed by atoms with van der Waals surface area (Å²) in [5.41, 5.74) is 0. The number of nitrogens with zero attached hydrogens (tertiary/aromatic N) is 1. The fourth-order valence-corrected chi connectivity index (χ4v) is 2.09. The summed E-state index contributed by atoms with van der Waals surface area (Å²) in [4.78, 5) is 24.5. The fraction of sp³-hybridized carbons (Fsp3) is 0.818. The number of carbonyl (C=O) groups is 2. The molecule has 0 saturated carbocycles. The molecule has 1 aliphatic heterocycles. The number of carbonyl (C=O) groups excluding carboxylic acids is 1. The molecule has 0 aromatic carbocycles. The van der Waals surface area contributed by atoms with Crippen molar-refractivity contribution in [2.75, 3.05) is 6.54 Å². The van der Waals surface area contributed by atoms with Gasteiger partial charge in [-0.25, -0.2) is 4.79 Å². The SMILES string of the molecule is CC(C)C(NC(=O)O)C(=O)N1CCCC1C. The quantitative estimate of drug-likeness (QED) is 0.764. The van der Waals surface area contributed by atoms with Crippen molar-refractivity contribution in [1.82, 2.24) is 10.2 Å². The summed E-state index contributed by atoms with van der Waals surface area (Å²) in [5.74, 6) is -0.126. The maximum atomic E-state index is 12.1. The van der Waals surface area contributed by atoms with Gasteiger partial charge in [0.15, 0.2) is 0 Å². The molecule has 5 nitrogen and oxygen atoms in total. The Hall–Kier alpha value is -1.26. The van der Waals surface area contributed by atoms with Gasteiger partial charge in [-0.3, -0.25) is 4.79 Å². The van der Waals surface area contributed by atoms with Crippen LogP contribution in [-0.4, -0.2) is 40.6 Å². The molecule has 1 fully saturated rings. The second kappa shape index (κ2) is 5.18. The van der Waals surface area contributed by atoms with Gasteiger partial charge in [0.2, 0.25) is 5.91 Å². The molecule has 0 aromatic rings. The van der Waals surface area contributed by atoms with E-state index in [9.17, 15) is 9.59 Å². The third-order valence-corrected chi connectivity index (χ3v) is 3.05. The zero-order chi connectivity index (χ0) is 12.3. The molecule has 92 valence electrons. The van der Waals surface area contributed by atoms with Crippen LogP contribution in [0.4, 0.5) is 4.79 Å². The number of hydrogen-bond acceptors (Lipinski definition) is 2. The first-order valence-corrected chi connectivity index (χ1v) is 5.73. The van der Waals surface area contributed by atoms with Crippen LogP contribution < -0.4 is 5.32 Å². The Bertz CT molecular complexity index is 278. The molecule has 1 heterocycles. The predicted octanol–water partition coefficient (Wildman–Crippen LogP) is 1.29. The first kappa shape index (κ1) is 12.8. The molecule has 0 bridgehead atoms. The van der Waals surface area contributed by atoms with Crippen LogP contribution in [0.15, 0.2) is 0 Å². The molecule has 2 unspecified atom stereocenters. The van der Waals surface area contributed by atoms with E-state index in [0.717, 1.165) is 19.4 Å². The van der Waals surface area contributed by atoms with Gasteiger partial charge in [-0.05, 0) is 25.7 Å². The van der Waals surface area contributed by atoms with Gasteiger partial charge in [0.25, 0.3) is 0 Å². The number of amides is 2. The van der Waals surface area contributed by atoms with E-state index in [1.165, 1.54) is 0 Å². The molecule has 2 amide bonds. The Labute approximate surface area is 95.8 Å². The standard InChI is InChI=1S/C11H20N2O3/c1-7(2)9(12-11(15)16)10(14)13-6-4-5-8(13)3/h7-9,12H,4-6H2,1-3H3,(H,15,16). The molecule has 2 N–H and O–H groups in total. The number of rotatable bonds is 3. The summed E-state index contributed by atoms with van der Waals surface area (Å²) in [6, 6.07) is -0.401. The van der Waals surface area contributed by atoms with Crippen LogP contribution in [0.2, 0.25) is 0 Å². The second-order valence-electron chi connectivity index (χ2n) is 4.69. The lowest BCUT2D eigenvalue weighted by Gasteiger charge is -2.28. The molecular weight excluding hydrogens is 208 g/mol. The fourth-order valence-electron chi connectivity index (χ4n) is 2.09. The Morgan fingerprint density at radius 1 is 1.44 bits per heavy atom. The van der Waals surface area contributed by atoms with Crippen molar-refractivity contribution in [3.05, 3.63) is 0 Å². The number of hydrogen-bond donors (Lipinski definition) is 2. The molecular formula is C11H20N2O3. The number of nitrogens with one attached hydrogen (secondary N) is 1. The van der Waals surface area contributed by atoms with Crippen LogP contribution in [0, 0.1) is 5.92 Å². The van der Waals surface area contributed by atoms with Crippen LogP contribution in [0.1, 0.15) is 33.6 Å². The maximum absolute atomic E-state index is 12.1. The van der Waals surface area contributed by atoms with Crippen LogP contribution >= 0.6 is 0 Å². The van der Waals surface area contributed by atoms with Crippen LogP contribution in [-0.2, 0) is 4.79 Å². The van der Waals surface area contributed by atoms with E-state index in [0.29, 0.717) is 0 Å².